The number of nitrogens with zero attached hydrogens (tertiary/aromatic N) is 3. The van der Waals surface area contributed by atoms with Gasteiger partial charge in [-0.05, 0) is 19.8 Å². The summed E-state index contributed by atoms with van der Waals surface area (Å²) in [5.74, 6) is 4.31. The van der Waals surface area contributed by atoms with Crippen LogP contribution in [0.3, 0.4) is 0 Å². The summed E-state index contributed by atoms with van der Waals surface area (Å²) < 4.78 is 1.35. The van der Waals surface area contributed by atoms with Crippen molar-refractivity contribution in [2.75, 3.05) is 0 Å². The summed E-state index contributed by atoms with van der Waals surface area (Å²) in [7, 11) is 0. The highest BCUT2D eigenvalue weighted by Crippen LogP contribution is 2.21. The van der Waals surface area contributed by atoms with Crippen molar-refractivity contribution < 1.29 is 9.90 Å². The molecule has 2 rings (SSSR count). The molecular formula is C10H12N4O3. The minimum Gasteiger partial charge on any atom is -0.477 e. The van der Waals surface area contributed by atoms with Gasteiger partial charge in [-0.25, -0.2) is 9.78 Å². The van der Waals surface area contributed by atoms with Gasteiger partial charge in [-0.15, -0.1) is 0 Å². The Balaban J connectivity index is 2.73. The van der Waals surface area contributed by atoms with Crippen molar-refractivity contribution in [3.63, 3.8) is 0 Å². The molecule has 7 nitrogen and oxygen atoms in total. The molecule has 0 radical (unpaired) electrons. The van der Waals surface area contributed by atoms with Crippen LogP contribution in [0.25, 0.3) is 0 Å². The first kappa shape index (κ1) is 11.3. The third kappa shape index (κ3) is 1.69. The number of aromatic carboxylic acids is 1. The molecule has 1 unspecified atom stereocenters. The normalized spacial score (nSPS) is 21.2. The zero-order chi connectivity index (χ0) is 12.6. The van der Waals surface area contributed by atoms with Gasteiger partial charge in [0.15, 0.2) is 5.82 Å². The Kier molecular flexibility index (Phi) is 2.66. The molecule has 0 aliphatic carbocycles. The van der Waals surface area contributed by atoms with E-state index >= 15 is 0 Å². The van der Waals surface area contributed by atoms with Gasteiger partial charge in [0, 0.05) is 12.2 Å². The summed E-state index contributed by atoms with van der Waals surface area (Å²) in [6.07, 6.45) is 2.38. The number of carbonyl (C=O) groups is 1. The maximum Gasteiger partial charge on any atom is 0.342 e. The summed E-state index contributed by atoms with van der Waals surface area (Å²) >= 11 is 0. The van der Waals surface area contributed by atoms with Gasteiger partial charge in [0.2, 0.25) is 0 Å². The quantitative estimate of drug-likeness (QED) is 0.525. The molecule has 0 saturated heterocycles. The zero-order valence-electron chi connectivity index (χ0n) is 9.25. The smallest absolute Gasteiger partial charge is 0.342 e. The standard InChI is InChI=1S/C10H12N4O3/c1-5-2-3-7(13-11)8-12-4-6(10(16)17)9(15)14(5)8/h4-5H,2-3,11H2,1H3,(H,16,17). The summed E-state index contributed by atoms with van der Waals surface area (Å²) in [4.78, 5) is 26.8. The van der Waals surface area contributed by atoms with Crippen LogP contribution in [0, 0.1) is 0 Å². The lowest BCUT2D eigenvalue weighted by atomic mass is 10.0. The van der Waals surface area contributed by atoms with Gasteiger partial charge in [-0.3, -0.25) is 9.36 Å². The summed E-state index contributed by atoms with van der Waals surface area (Å²) in [5, 5.41) is 12.5. The van der Waals surface area contributed by atoms with Crippen LogP contribution in [0.15, 0.2) is 16.1 Å². The van der Waals surface area contributed by atoms with Gasteiger partial charge in [0.25, 0.3) is 5.56 Å². The van der Waals surface area contributed by atoms with Crippen molar-refractivity contribution in [3.8, 4) is 0 Å². The molecule has 0 saturated carbocycles. The fraction of sp³-hybridized carbons (Fsp3) is 0.400. The molecule has 0 amide bonds. The minimum atomic E-state index is -1.28. The van der Waals surface area contributed by atoms with Crippen molar-refractivity contribution >= 4 is 11.7 Å². The second-order valence-corrected chi connectivity index (χ2v) is 3.94. The molecule has 3 N–H and O–H groups in total. The zero-order valence-corrected chi connectivity index (χ0v) is 9.25. The second-order valence-electron chi connectivity index (χ2n) is 3.94. The molecule has 0 fully saturated rings. The maximum absolute atomic E-state index is 12.0. The molecule has 1 aromatic rings. The van der Waals surface area contributed by atoms with Gasteiger partial charge in [0.1, 0.15) is 11.3 Å². The van der Waals surface area contributed by atoms with Gasteiger partial charge in [-0.1, -0.05) is 0 Å². The lowest BCUT2D eigenvalue weighted by Crippen LogP contribution is -2.37. The Morgan fingerprint density at radius 3 is 3.00 bits per heavy atom. The SMILES string of the molecule is CC1CCC(=NN)c2ncc(C(=O)O)c(=O)n21. The molecule has 1 aromatic heterocycles. The molecule has 7 heteroatoms. The number of carboxylic acids is 1. The van der Waals surface area contributed by atoms with Crippen LogP contribution in [0.4, 0.5) is 0 Å². The monoisotopic (exact) mass is 236 g/mol. The molecule has 1 aliphatic rings. The Morgan fingerprint density at radius 2 is 2.41 bits per heavy atom. The van der Waals surface area contributed by atoms with E-state index in [0.29, 0.717) is 24.4 Å². The van der Waals surface area contributed by atoms with Crippen LogP contribution < -0.4 is 11.4 Å². The van der Waals surface area contributed by atoms with E-state index in [-0.39, 0.29) is 11.6 Å². The van der Waals surface area contributed by atoms with E-state index in [1.165, 1.54) is 4.57 Å². The average Bonchev–Trinajstić information content (AvgIpc) is 2.29. The fourth-order valence-corrected chi connectivity index (χ4v) is 1.95. The van der Waals surface area contributed by atoms with E-state index in [9.17, 15) is 9.59 Å². The topological polar surface area (TPSA) is 111 Å². The largest absolute Gasteiger partial charge is 0.477 e. The molecule has 1 atom stereocenters. The number of fused-ring (bicyclic) bond motifs is 1. The molecule has 90 valence electrons. The third-order valence-electron chi connectivity index (χ3n) is 2.88. The Hall–Kier alpha value is -2.18. The number of hydrazone groups is 1. The Labute approximate surface area is 96.6 Å². The van der Waals surface area contributed by atoms with E-state index < -0.39 is 11.5 Å². The number of rotatable bonds is 1. The molecule has 2 heterocycles. The van der Waals surface area contributed by atoms with E-state index in [0.717, 1.165) is 6.20 Å². The first-order valence-corrected chi connectivity index (χ1v) is 5.18. The van der Waals surface area contributed by atoms with Crippen molar-refractivity contribution in [2.24, 2.45) is 10.9 Å². The molecule has 1 aliphatic heterocycles. The first-order valence-electron chi connectivity index (χ1n) is 5.18. The Morgan fingerprint density at radius 1 is 1.71 bits per heavy atom. The number of carboxylic acid groups (broad SMARTS) is 1. The van der Waals surface area contributed by atoms with Gasteiger partial charge in [-0.2, -0.15) is 5.10 Å². The summed E-state index contributed by atoms with van der Waals surface area (Å²) in [6, 6.07) is -0.102. The van der Waals surface area contributed by atoms with E-state index in [4.69, 9.17) is 10.9 Å². The van der Waals surface area contributed by atoms with Crippen LogP contribution in [-0.4, -0.2) is 26.3 Å². The van der Waals surface area contributed by atoms with Crippen molar-refractivity contribution in [3.05, 3.63) is 27.9 Å². The lowest BCUT2D eigenvalue weighted by Gasteiger charge is -2.24. The fourth-order valence-electron chi connectivity index (χ4n) is 1.95. The Bertz CT molecular complexity index is 561. The maximum atomic E-state index is 12.0. The van der Waals surface area contributed by atoms with Gasteiger partial charge in [0.05, 0.1) is 0 Å². The van der Waals surface area contributed by atoms with Crippen LogP contribution >= 0.6 is 0 Å². The average molecular weight is 236 g/mol. The predicted molar refractivity (Wildman–Crippen MR) is 60.1 cm³/mol. The summed E-state index contributed by atoms with van der Waals surface area (Å²) in [5.41, 5.74) is -0.369. The highest BCUT2D eigenvalue weighted by atomic mass is 16.4. The highest BCUT2D eigenvalue weighted by molar-refractivity contribution is 5.98. The third-order valence-corrected chi connectivity index (χ3v) is 2.88. The van der Waals surface area contributed by atoms with Gasteiger partial charge < -0.3 is 10.9 Å². The van der Waals surface area contributed by atoms with Crippen molar-refractivity contribution in [2.45, 2.75) is 25.8 Å². The number of nitrogens with two attached hydrogens (primary N) is 1. The van der Waals surface area contributed by atoms with Crippen molar-refractivity contribution in [1.82, 2.24) is 9.55 Å². The molecule has 0 aromatic carbocycles. The van der Waals surface area contributed by atoms with E-state index in [2.05, 4.69) is 10.1 Å². The minimum absolute atomic E-state index is 0.102. The number of aromatic nitrogens is 2. The van der Waals surface area contributed by atoms with E-state index in [1.807, 2.05) is 6.92 Å². The van der Waals surface area contributed by atoms with Crippen LogP contribution in [0.2, 0.25) is 0 Å². The number of hydrogen-bond acceptors (Lipinski definition) is 5. The van der Waals surface area contributed by atoms with Gasteiger partial charge >= 0.3 is 5.97 Å². The van der Waals surface area contributed by atoms with Crippen LogP contribution in [0.5, 0.6) is 0 Å². The van der Waals surface area contributed by atoms with Crippen LogP contribution in [-0.2, 0) is 0 Å². The first-order chi connectivity index (χ1) is 8.06. The molecule has 0 spiro atoms. The molecular weight excluding hydrogens is 224 g/mol. The molecule has 0 bridgehead atoms. The van der Waals surface area contributed by atoms with Crippen molar-refractivity contribution in [1.29, 1.82) is 0 Å². The highest BCUT2D eigenvalue weighted by Gasteiger charge is 2.26. The second kappa shape index (κ2) is 4.00. The lowest BCUT2D eigenvalue weighted by molar-refractivity contribution is 0.0693. The predicted octanol–water partition coefficient (Wildman–Crippen LogP) is -0.0409. The van der Waals surface area contributed by atoms with E-state index in [1.54, 1.807) is 0 Å². The van der Waals surface area contributed by atoms with Crippen LogP contribution in [0.1, 0.15) is 42.0 Å². The summed E-state index contributed by atoms with van der Waals surface area (Å²) in [6.45, 7) is 1.84. The number of hydrogen-bond donors (Lipinski definition) is 2. The molecule has 17 heavy (non-hydrogen) atoms.